The average Bonchev–Trinajstić information content (AvgIpc) is 3.18. The highest BCUT2D eigenvalue weighted by Crippen LogP contribution is 2.45. The van der Waals surface area contributed by atoms with Crippen molar-refractivity contribution in [3.63, 3.8) is 0 Å². The molecule has 0 amide bonds. The van der Waals surface area contributed by atoms with Crippen LogP contribution in [0.3, 0.4) is 0 Å². The van der Waals surface area contributed by atoms with E-state index >= 15 is 0 Å². The van der Waals surface area contributed by atoms with Gasteiger partial charge in [-0.1, -0.05) is 65.2 Å². The molecule has 13 nitrogen and oxygen atoms in total. The van der Waals surface area contributed by atoms with Crippen molar-refractivity contribution in [3.05, 3.63) is 24.3 Å². The average molecular weight is 868 g/mol. The van der Waals surface area contributed by atoms with Crippen LogP contribution in [-0.2, 0) is 19.8 Å². The van der Waals surface area contributed by atoms with Crippen LogP contribution < -0.4 is 15.1 Å². The number of aromatic nitrogens is 3. The lowest BCUT2D eigenvalue weighted by Crippen LogP contribution is -2.65. The third kappa shape index (κ3) is 11.9. The summed E-state index contributed by atoms with van der Waals surface area (Å²) in [5, 5.41) is 8.04. The number of rotatable bonds is 17. The van der Waals surface area contributed by atoms with Gasteiger partial charge in [0.25, 0.3) is 0 Å². The molecule has 0 radical (unpaired) electrons. The van der Waals surface area contributed by atoms with Crippen LogP contribution in [0.15, 0.2) is 29.2 Å². The molecule has 1 N–H and O–H groups in total. The Balaban J connectivity index is 1.39. The Hall–Kier alpha value is -2.62. The van der Waals surface area contributed by atoms with E-state index in [0.717, 1.165) is 90.1 Å². The van der Waals surface area contributed by atoms with E-state index in [-0.39, 0.29) is 51.3 Å². The zero-order chi connectivity index (χ0) is 44.2. The number of nitrogens with zero attached hydrogens (tertiary/aromatic N) is 7. The van der Waals surface area contributed by atoms with Gasteiger partial charge < -0.3 is 19.7 Å². The molecule has 2 aromatic rings. The second kappa shape index (κ2) is 19.6. The van der Waals surface area contributed by atoms with Gasteiger partial charge in [-0.05, 0) is 144 Å². The first-order valence-corrected chi connectivity index (χ1v) is 25.2. The quantitative estimate of drug-likeness (QED) is 0.151. The van der Waals surface area contributed by atoms with Gasteiger partial charge in [-0.15, -0.1) is 0 Å². The minimum atomic E-state index is -4.59. The molecule has 6 rings (SSSR count). The van der Waals surface area contributed by atoms with Crippen LogP contribution in [-0.4, -0.2) is 97.6 Å². The summed E-state index contributed by atoms with van der Waals surface area (Å²) >= 11 is 0. The Labute approximate surface area is 368 Å². The third-order valence-corrected chi connectivity index (χ3v) is 14.5. The molecule has 0 atom stereocenters. The lowest BCUT2D eigenvalue weighted by molar-refractivity contribution is -0.310. The zero-order valence-electron chi connectivity index (χ0n) is 39.3. The van der Waals surface area contributed by atoms with Crippen molar-refractivity contribution in [2.45, 2.75) is 236 Å². The molecule has 0 bridgehead atoms. The van der Waals surface area contributed by atoms with Crippen molar-refractivity contribution in [3.8, 4) is 0 Å². The fraction of sp³-hybridized carbons (Fsp3) is 0.809. The van der Waals surface area contributed by atoms with Gasteiger partial charge in [0.1, 0.15) is 10.1 Å². The van der Waals surface area contributed by atoms with Crippen LogP contribution in [0.25, 0.3) is 0 Å². The van der Waals surface area contributed by atoms with Gasteiger partial charge in [-0.25, -0.2) is 8.42 Å². The van der Waals surface area contributed by atoms with Crippen molar-refractivity contribution in [2.75, 3.05) is 28.2 Å². The SMILES string of the molecule is CCCCN(c1nc(Nc2ccc(S(=O)(=O)[O-])cc2)nc(N(CCCC)C2CC(C)(C)N(OC3CCCCC3)C(C)(C)C2)n1)C1CC(C)(C)N(OC2CCCCC2)C(C)(C)C1. The van der Waals surface area contributed by atoms with Gasteiger partial charge in [0.05, 0.1) is 17.1 Å². The molecule has 1 aromatic heterocycles. The Kier molecular flexibility index (Phi) is 15.4. The summed E-state index contributed by atoms with van der Waals surface area (Å²) in [5.74, 6) is 1.65. The van der Waals surface area contributed by atoms with Crippen LogP contribution in [0.5, 0.6) is 0 Å². The highest BCUT2D eigenvalue weighted by molar-refractivity contribution is 7.85. The van der Waals surface area contributed by atoms with E-state index in [9.17, 15) is 13.0 Å². The van der Waals surface area contributed by atoms with E-state index in [1.165, 1.54) is 50.7 Å². The number of anilines is 4. The Morgan fingerprint density at radius 2 is 1.02 bits per heavy atom. The first-order valence-electron chi connectivity index (χ1n) is 23.8. The van der Waals surface area contributed by atoms with Crippen molar-refractivity contribution in [2.24, 2.45) is 0 Å². The fourth-order valence-corrected chi connectivity index (χ4v) is 11.6. The smallest absolute Gasteiger partial charge is 0.233 e. The molecule has 2 saturated heterocycles. The number of piperidine rings is 2. The molecule has 2 saturated carbocycles. The van der Waals surface area contributed by atoms with Gasteiger partial charge in [0, 0.05) is 53.0 Å². The molecule has 3 heterocycles. The molecule has 14 heteroatoms. The summed E-state index contributed by atoms with van der Waals surface area (Å²) in [6.07, 6.45) is 20.0. The lowest BCUT2D eigenvalue weighted by atomic mass is 9.78. The monoisotopic (exact) mass is 868 g/mol. The first-order chi connectivity index (χ1) is 28.7. The summed E-state index contributed by atoms with van der Waals surface area (Å²) in [7, 11) is -4.59. The maximum absolute atomic E-state index is 11.8. The maximum atomic E-state index is 11.8. The number of hydrogen-bond donors (Lipinski definition) is 1. The Morgan fingerprint density at radius 3 is 1.36 bits per heavy atom. The highest BCUT2D eigenvalue weighted by Gasteiger charge is 2.51. The number of benzene rings is 1. The van der Waals surface area contributed by atoms with E-state index in [0.29, 0.717) is 23.5 Å². The third-order valence-electron chi connectivity index (χ3n) is 13.7. The molecule has 0 spiro atoms. The van der Waals surface area contributed by atoms with Crippen LogP contribution in [0.1, 0.15) is 185 Å². The topological polar surface area (TPSA) is 139 Å². The van der Waals surface area contributed by atoms with Crippen LogP contribution in [0, 0.1) is 0 Å². The molecular formula is C47H79N8O5S-. The summed E-state index contributed by atoms with van der Waals surface area (Å²) in [4.78, 5) is 34.3. The normalized spacial score (nSPS) is 23.2. The minimum Gasteiger partial charge on any atom is -0.744 e. The predicted octanol–water partition coefficient (Wildman–Crippen LogP) is 10.3. The Morgan fingerprint density at radius 1 is 0.639 bits per heavy atom. The van der Waals surface area contributed by atoms with Crippen LogP contribution in [0.4, 0.5) is 23.5 Å². The zero-order valence-corrected chi connectivity index (χ0v) is 40.2. The molecule has 61 heavy (non-hydrogen) atoms. The van der Waals surface area contributed by atoms with Crippen molar-refractivity contribution >= 4 is 33.7 Å². The van der Waals surface area contributed by atoms with Crippen molar-refractivity contribution in [1.29, 1.82) is 0 Å². The standard InChI is InChI=1S/C47H80N8O5S/c1-11-13-29-52(36-31-44(3,4)54(45(5,6)32-36)59-38-21-17-15-18-22-38)42-49-41(48-35-25-27-40(28-26-35)61(56,57)58)50-43(51-42)53(30-14-12-2)37-33-46(7,8)55(47(9,10)34-37)60-39-23-19-16-20-24-39/h25-28,36-39H,11-24,29-34H2,1-10H3,(H,56,57,58)(H,48,49,50,51)/p-1. The van der Waals surface area contributed by atoms with E-state index in [1.807, 2.05) is 0 Å². The Bertz CT molecular complexity index is 1700. The largest absolute Gasteiger partial charge is 0.744 e. The maximum Gasteiger partial charge on any atom is 0.233 e. The highest BCUT2D eigenvalue weighted by atomic mass is 32.2. The predicted molar refractivity (Wildman–Crippen MR) is 244 cm³/mol. The lowest BCUT2D eigenvalue weighted by Gasteiger charge is -2.57. The molecule has 1 aromatic carbocycles. The molecular weight excluding hydrogens is 789 g/mol. The van der Waals surface area contributed by atoms with Gasteiger partial charge >= 0.3 is 0 Å². The van der Waals surface area contributed by atoms with E-state index < -0.39 is 10.1 Å². The van der Waals surface area contributed by atoms with Crippen LogP contribution >= 0.6 is 0 Å². The minimum absolute atomic E-state index is 0.134. The summed E-state index contributed by atoms with van der Waals surface area (Å²) in [6, 6.07) is 6.12. The van der Waals surface area contributed by atoms with E-state index in [2.05, 4.69) is 94.5 Å². The van der Waals surface area contributed by atoms with Gasteiger partial charge in [-0.2, -0.15) is 25.1 Å². The molecule has 2 aliphatic carbocycles. The number of hydroxylamine groups is 4. The number of hydrogen-bond acceptors (Lipinski definition) is 13. The van der Waals surface area contributed by atoms with E-state index in [1.54, 1.807) is 12.1 Å². The van der Waals surface area contributed by atoms with Crippen molar-refractivity contribution < 1.29 is 22.6 Å². The van der Waals surface area contributed by atoms with Crippen LogP contribution in [0.2, 0.25) is 0 Å². The second-order valence-electron chi connectivity index (χ2n) is 21.1. The number of nitrogens with one attached hydrogen (secondary N) is 1. The second-order valence-corrected chi connectivity index (χ2v) is 22.5. The molecule has 344 valence electrons. The van der Waals surface area contributed by atoms with Gasteiger partial charge in [0.15, 0.2) is 0 Å². The summed E-state index contributed by atoms with van der Waals surface area (Å²) < 4.78 is 35.4. The molecule has 4 fully saturated rings. The molecule has 4 aliphatic rings. The first kappa shape index (κ1) is 47.8. The number of unbranched alkanes of at least 4 members (excludes halogenated alkanes) is 2. The fourth-order valence-electron chi connectivity index (χ4n) is 11.1. The van der Waals surface area contributed by atoms with Gasteiger partial charge in [0.2, 0.25) is 17.8 Å². The molecule has 0 unspecified atom stereocenters. The van der Waals surface area contributed by atoms with E-state index in [4.69, 9.17) is 24.6 Å². The van der Waals surface area contributed by atoms with Gasteiger partial charge in [-0.3, -0.25) is 9.68 Å². The summed E-state index contributed by atoms with van der Waals surface area (Å²) in [5.41, 5.74) is -0.388. The van der Waals surface area contributed by atoms with Crippen molar-refractivity contribution in [1.82, 2.24) is 25.1 Å². The summed E-state index contributed by atoms with van der Waals surface area (Å²) in [6.45, 7) is 24.6. The molecule has 2 aliphatic heterocycles.